The first-order valence-electron chi connectivity index (χ1n) is 9.26. The molecular weight excluding hydrogens is 463 g/mol. The predicted octanol–water partition coefficient (Wildman–Crippen LogP) is 4.56. The number of aliphatic hydroxyl groups is 1. The van der Waals surface area contributed by atoms with Crippen LogP contribution in [0, 0.1) is 17.3 Å². The van der Waals surface area contributed by atoms with Crippen LogP contribution >= 0.6 is 34.2 Å². The third-order valence-corrected chi connectivity index (χ3v) is 7.66. The zero-order valence-corrected chi connectivity index (χ0v) is 18.2. The quantitative estimate of drug-likeness (QED) is 0.351. The normalized spacial score (nSPS) is 37.3. The van der Waals surface area contributed by atoms with Crippen LogP contribution in [0.25, 0.3) is 0 Å². The van der Waals surface area contributed by atoms with Crippen LogP contribution in [0.4, 0.5) is 0 Å². The van der Waals surface area contributed by atoms with Crippen LogP contribution in [-0.4, -0.2) is 32.1 Å². The van der Waals surface area contributed by atoms with E-state index >= 15 is 0 Å². The third-order valence-electron chi connectivity index (χ3n) is 6.42. The standard InChI is InChI=1S/C21H26ClIO3/c1-20-7-5-15(24)9-13(20)3-4-17-18(20)6-8-21(2,26)19(17)11-14(23)10-16(25)12-22/h5-7,9,14,17,19,26H,3-4,8,10-12H2,1-2H3/t14-,17?,19?,20-,21-/m0/s1. The maximum Gasteiger partial charge on any atom is 0.178 e. The molecule has 1 fully saturated rings. The molecule has 5 atom stereocenters. The summed E-state index contributed by atoms with van der Waals surface area (Å²) in [6.07, 6.45) is 11.4. The van der Waals surface area contributed by atoms with E-state index in [2.05, 4.69) is 35.6 Å². The van der Waals surface area contributed by atoms with Crippen molar-refractivity contribution in [3.8, 4) is 0 Å². The first-order chi connectivity index (χ1) is 12.2. The summed E-state index contributed by atoms with van der Waals surface area (Å²) in [7, 11) is 0. The number of carbonyl (C=O) groups is 2. The Morgan fingerprint density at radius 3 is 2.88 bits per heavy atom. The van der Waals surface area contributed by atoms with Crippen molar-refractivity contribution >= 4 is 45.8 Å². The Bertz CT molecular complexity index is 706. The highest BCUT2D eigenvalue weighted by Gasteiger charge is 2.50. The molecule has 26 heavy (non-hydrogen) atoms. The smallest absolute Gasteiger partial charge is 0.178 e. The Hall–Kier alpha value is -0.460. The average molecular weight is 489 g/mol. The number of allylic oxidation sites excluding steroid dienone is 5. The van der Waals surface area contributed by atoms with Crippen molar-refractivity contribution in [1.29, 1.82) is 0 Å². The monoisotopic (exact) mass is 488 g/mol. The first kappa shape index (κ1) is 20.3. The van der Waals surface area contributed by atoms with Gasteiger partial charge in [-0.25, -0.2) is 0 Å². The lowest BCUT2D eigenvalue weighted by Crippen LogP contribution is -2.48. The van der Waals surface area contributed by atoms with Crippen LogP contribution in [0.5, 0.6) is 0 Å². The molecular formula is C21H26ClIO3. The average Bonchev–Trinajstić information content (AvgIpc) is 2.57. The number of ketones is 2. The second kappa shape index (κ2) is 7.51. The van der Waals surface area contributed by atoms with E-state index in [0.717, 1.165) is 19.3 Å². The third kappa shape index (κ3) is 3.74. The van der Waals surface area contributed by atoms with E-state index in [4.69, 9.17) is 11.6 Å². The van der Waals surface area contributed by atoms with E-state index in [1.54, 1.807) is 12.2 Å². The largest absolute Gasteiger partial charge is 0.390 e. The molecule has 0 radical (unpaired) electrons. The SMILES string of the molecule is C[C@]12C=CC(=O)C=C1CCC1C2=CC[C@](C)(O)C1C[C@@H](I)CC(=O)CCl. The Kier molecular flexibility index (Phi) is 5.86. The van der Waals surface area contributed by atoms with Gasteiger partial charge >= 0.3 is 0 Å². The molecule has 5 heteroatoms. The van der Waals surface area contributed by atoms with E-state index < -0.39 is 5.60 Å². The van der Waals surface area contributed by atoms with Gasteiger partial charge in [0.1, 0.15) is 5.78 Å². The fourth-order valence-electron chi connectivity index (χ4n) is 4.95. The summed E-state index contributed by atoms with van der Waals surface area (Å²) in [5.74, 6) is 0.578. The van der Waals surface area contributed by atoms with Gasteiger partial charge in [0.25, 0.3) is 0 Å². The summed E-state index contributed by atoms with van der Waals surface area (Å²) < 4.78 is 0.169. The second-order valence-corrected chi connectivity index (χ2v) is 10.3. The highest BCUT2D eigenvalue weighted by atomic mass is 127. The van der Waals surface area contributed by atoms with Gasteiger partial charge < -0.3 is 5.11 Å². The summed E-state index contributed by atoms with van der Waals surface area (Å²) >= 11 is 7.99. The fourth-order valence-corrected chi connectivity index (χ4v) is 6.10. The van der Waals surface area contributed by atoms with Gasteiger partial charge in [0.2, 0.25) is 0 Å². The molecule has 0 aromatic carbocycles. The highest BCUT2D eigenvalue weighted by Crippen LogP contribution is 2.57. The predicted molar refractivity (Wildman–Crippen MR) is 113 cm³/mol. The summed E-state index contributed by atoms with van der Waals surface area (Å²) in [5, 5.41) is 11.1. The lowest BCUT2D eigenvalue weighted by Gasteiger charge is -2.52. The fraction of sp³-hybridized carbons (Fsp3) is 0.619. The minimum Gasteiger partial charge on any atom is -0.390 e. The van der Waals surface area contributed by atoms with E-state index in [1.807, 2.05) is 13.0 Å². The molecule has 0 bridgehead atoms. The van der Waals surface area contributed by atoms with Gasteiger partial charge in [-0.15, -0.1) is 11.6 Å². The molecule has 0 spiro atoms. The molecule has 0 heterocycles. The topological polar surface area (TPSA) is 54.4 Å². The Labute approximate surface area is 174 Å². The van der Waals surface area contributed by atoms with Crippen molar-refractivity contribution in [2.75, 3.05) is 5.88 Å². The Morgan fingerprint density at radius 2 is 2.19 bits per heavy atom. The van der Waals surface area contributed by atoms with Crippen LogP contribution in [0.1, 0.15) is 46.0 Å². The zero-order chi connectivity index (χ0) is 19.1. The molecule has 142 valence electrons. The van der Waals surface area contributed by atoms with Crippen LogP contribution < -0.4 is 0 Å². The molecule has 3 rings (SSSR count). The van der Waals surface area contributed by atoms with Gasteiger partial charge in [-0.05, 0) is 63.5 Å². The zero-order valence-electron chi connectivity index (χ0n) is 15.3. The number of fused-ring (bicyclic) bond motifs is 3. The summed E-state index contributed by atoms with van der Waals surface area (Å²) in [5.41, 5.74) is 1.55. The van der Waals surface area contributed by atoms with Gasteiger partial charge in [-0.2, -0.15) is 0 Å². The lowest BCUT2D eigenvalue weighted by atomic mass is 9.54. The lowest BCUT2D eigenvalue weighted by molar-refractivity contribution is -0.117. The molecule has 0 amide bonds. The van der Waals surface area contributed by atoms with Crippen molar-refractivity contribution in [2.45, 2.75) is 55.5 Å². The van der Waals surface area contributed by atoms with Gasteiger partial charge in [0, 0.05) is 15.8 Å². The number of Topliss-reactive ketones (excluding diaryl/α,β-unsaturated/α-hetero) is 1. The first-order valence-corrected chi connectivity index (χ1v) is 11.0. The molecule has 0 aromatic heterocycles. The van der Waals surface area contributed by atoms with Gasteiger partial charge in [-0.3, -0.25) is 9.59 Å². The molecule has 3 aliphatic carbocycles. The Balaban J connectivity index is 1.88. The summed E-state index contributed by atoms with van der Waals surface area (Å²) in [6, 6.07) is 0. The molecule has 0 aromatic rings. The molecule has 1 N–H and O–H groups in total. The second-order valence-electron chi connectivity index (χ2n) is 8.29. The maximum atomic E-state index is 11.8. The molecule has 3 aliphatic rings. The van der Waals surface area contributed by atoms with E-state index in [1.165, 1.54) is 11.1 Å². The van der Waals surface area contributed by atoms with Crippen molar-refractivity contribution in [2.24, 2.45) is 17.3 Å². The van der Waals surface area contributed by atoms with Crippen molar-refractivity contribution < 1.29 is 14.7 Å². The van der Waals surface area contributed by atoms with Crippen molar-refractivity contribution in [3.05, 3.63) is 35.5 Å². The minimum atomic E-state index is -0.770. The van der Waals surface area contributed by atoms with Crippen molar-refractivity contribution in [3.63, 3.8) is 0 Å². The number of hydrogen-bond acceptors (Lipinski definition) is 3. The molecule has 1 saturated carbocycles. The number of rotatable bonds is 5. The number of alkyl halides is 2. The van der Waals surface area contributed by atoms with Gasteiger partial charge in [-0.1, -0.05) is 45.9 Å². The van der Waals surface area contributed by atoms with Crippen LogP contribution in [0.15, 0.2) is 35.5 Å². The Morgan fingerprint density at radius 1 is 1.46 bits per heavy atom. The summed E-state index contributed by atoms with van der Waals surface area (Å²) in [6.45, 7) is 4.11. The van der Waals surface area contributed by atoms with E-state index in [-0.39, 0.29) is 38.6 Å². The summed E-state index contributed by atoms with van der Waals surface area (Å²) in [4.78, 5) is 23.5. The van der Waals surface area contributed by atoms with Crippen LogP contribution in [0.3, 0.4) is 0 Å². The van der Waals surface area contributed by atoms with Gasteiger partial charge in [0.05, 0.1) is 11.5 Å². The highest BCUT2D eigenvalue weighted by molar-refractivity contribution is 14.1. The number of hydrogen-bond donors (Lipinski definition) is 1. The number of carbonyl (C=O) groups excluding carboxylic acids is 2. The van der Waals surface area contributed by atoms with Crippen molar-refractivity contribution in [1.82, 2.24) is 0 Å². The number of halogens is 2. The maximum absolute atomic E-state index is 11.8. The minimum absolute atomic E-state index is 0.0557. The van der Waals surface area contributed by atoms with E-state index in [9.17, 15) is 14.7 Å². The molecule has 0 saturated heterocycles. The molecule has 2 unspecified atom stereocenters. The molecule has 3 nitrogen and oxygen atoms in total. The van der Waals surface area contributed by atoms with E-state index in [0.29, 0.717) is 12.8 Å². The van der Waals surface area contributed by atoms with Gasteiger partial charge in [0.15, 0.2) is 5.78 Å². The molecule has 0 aliphatic heterocycles. The van der Waals surface area contributed by atoms with Crippen LogP contribution in [0.2, 0.25) is 0 Å². The van der Waals surface area contributed by atoms with Crippen LogP contribution in [-0.2, 0) is 9.59 Å².